The van der Waals surface area contributed by atoms with Gasteiger partial charge in [-0.25, -0.2) is 9.97 Å². The van der Waals surface area contributed by atoms with Gasteiger partial charge in [0.15, 0.2) is 0 Å². The smallest absolute Gasteiger partial charge is 0.316 e. The van der Waals surface area contributed by atoms with Crippen molar-refractivity contribution in [2.75, 3.05) is 18.0 Å². The van der Waals surface area contributed by atoms with Crippen LogP contribution in [0.2, 0.25) is 0 Å². The minimum Gasteiger partial charge on any atom is -0.460 e. The summed E-state index contributed by atoms with van der Waals surface area (Å²) in [6.45, 7) is 1.61. The number of primary amides is 1. The molecule has 1 amide bonds. The molecule has 0 aliphatic carbocycles. The highest BCUT2D eigenvalue weighted by atomic mass is 16.5. The highest BCUT2D eigenvalue weighted by molar-refractivity contribution is 5.91. The van der Waals surface area contributed by atoms with Crippen LogP contribution in [0.25, 0.3) is 11.1 Å². The standard InChI is InChI=1S/C19H21N7O2/c1-25-12-14(11-24-25)13-9-22-19(23-10-13)28-16-3-6-26(7-4-16)15-2-5-21-17(8-15)18(20)27/h2,5,8-12,16H,3-4,6-7H2,1H3,(H2,20,27). The Kier molecular flexibility index (Phi) is 4.88. The van der Waals surface area contributed by atoms with Crippen LogP contribution in [0.5, 0.6) is 6.01 Å². The molecule has 0 spiro atoms. The van der Waals surface area contributed by atoms with E-state index in [2.05, 4.69) is 25.0 Å². The van der Waals surface area contributed by atoms with E-state index in [0.717, 1.165) is 42.7 Å². The predicted molar refractivity (Wildman–Crippen MR) is 103 cm³/mol. The lowest BCUT2D eigenvalue weighted by Gasteiger charge is -2.33. The van der Waals surface area contributed by atoms with Gasteiger partial charge in [0, 0.05) is 74.6 Å². The van der Waals surface area contributed by atoms with Gasteiger partial charge in [-0.05, 0) is 12.1 Å². The summed E-state index contributed by atoms with van der Waals surface area (Å²) in [5.41, 5.74) is 8.40. The summed E-state index contributed by atoms with van der Waals surface area (Å²) in [4.78, 5) is 26.1. The number of aryl methyl sites for hydroxylation is 1. The van der Waals surface area contributed by atoms with Crippen LogP contribution in [0.3, 0.4) is 0 Å². The Hall–Kier alpha value is -3.49. The Bertz CT molecular complexity index is 962. The van der Waals surface area contributed by atoms with Crippen molar-refractivity contribution >= 4 is 11.6 Å². The summed E-state index contributed by atoms with van der Waals surface area (Å²) in [7, 11) is 1.87. The van der Waals surface area contributed by atoms with Crippen LogP contribution >= 0.6 is 0 Å². The third-order valence-electron chi connectivity index (χ3n) is 4.74. The zero-order chi connectivity index (χ0) is 19.5. The number of nitrogens with zero attached hydrogens (tertiary/aromatic N) is 6. The van der Waals surface area contributed by atoms with E-state index in [1.54, 1.807) is 35.5 Å². The van der Waals surface area contributed by atoms with Gasteiger partial charge in [-0.3, -0.25) is 14.5 Å². The van der Waals surface area contributed by atoms with Crippen molar-refractivity contribution < 1.29 is 9.53 Å². The number of nitrogens with two attached hydrogens (primary N) is 1. The first-order valence-corrected chi connectivity index (χ1v) is 9.07. The number of aromatic nitrogens is 5. The Morgan fingerprint density at radius 3 is 2.54 bits per heavy atom. The largest absolute Gasteiger partial charge is 0.460 e. The number of anilines is 1. The Labute approximate surface area is 162 Å². The number of rotatable bonds is 5. The maximum Gasteiger partial charge on any atom is 0.316 e. The van der Waals surface area contributed by atoms with E-state index in [9.17, 15) is 4.79 Å². The van der Waals surface area contributed by atoms with E-state index in [1.165, 1.54) is 0 Å². The second-order valence-corrected chi connectivity index (χ2v) is 6.72. The molecule has 0 atom stereocenters. The van der Waals surface area contributed by atoms with Crippen LogP contribution in [0.15, 0.2) is 43.1 Å². The number of hydrogen-bond acceptors (Lipinski definition) is 7. The minimum absolute atomic E-state index is 0.0536. The average Bonchev–Trinajstić information content (AvgIpc) is 3.15. The summed E-state index contributed by atoms with van der Waals surface area (Å²) in [6.07, 6.45) is 10.5. The number of hydrogen-bond donors (Lipinski definition) is 1. The summed E-state index contributed by atoms with van der Waals surface area (Å²) in [5.74, 6) is -0.521. The van der Waals surface area contributed by atoms with Crippen LogP contribution in [-0.2, 0) is 7.05 Å². The molecule has 3 aromatic heterocycles. The lowest BCUT2D eigenvalue weighted by Crippen LogP contribution is -2.38. The van der Waals surface area contributed by atoms with Crippen LogP contribution < -0.4 is 15.4 Å². The molecule has 4 heterocycles. The SMILES string of the molecule is Cn1cc(-c2cnc(OC3CCN(c4ccnc(C(N)=O)c4)CC3)nc2)cn1. The first-order valence-electron chi connectivity index (χ1n) is 9.07. The molecular formula is C19H21N7O2. The predicted octanol–water partition coefficient (Wildman–Crippen LogP) is 1.42. The number of pyridine rings is 1. The van der Waals surface area contributed by atoms with Crippen LogP contribution in [0.4, 0.5) is 5.69 Å². The van der Waals surface area contributed by atoms with Gasteiger partial charge in [-0.15, -0.1) is 0 Å². The maximum absolute atomic E-state index is 11.3. The fraction of sp³-hybridized carbons (Fsp3) is 0.316. The average molecular weight is 379 g/mol. The van der Waals surface area contributed by atoms with Gasteiger partial charge >= 0.3 is 6.01 Å². The second-order valence-electron chi connectivity index (χ2n) is 6.72. The third kappa shape index (κ3) is 3.93. The highest BCUT2D eigenvalue weighted by Gasteiger charge is 2.22. The van der Waals surface area contributed by atoms with Crippen molar-refractivity contribution in [3.8, 4) is 17.1 Å². The summed E-state index contributed by atoms with van der Waals surface area (Å²) >= 11 is 0. The zero-order valence-corrected chi connectivity index (χ0v) is 15.5. The fourth-order valence-corrected chi connectivity index (χ4v) is 3.23. The molecule has 1 saturated heterocycles. The normalized spacial score (nSPS) is 14.8. The Balaban J connectivity index is 1.34. The molecule has 0 radical (unpaired) electrons. The molecule has 28 heavy (non-hydrogen) atoms. The number of amides is 1. The fourth-order valence-electron chi connectivity index (χ4n) is 3.23. The van der Waals surface area contributed by atoms with Crippen LogP contribution in [0.1, 0.15) is 23.3 Å². The number of carbonyl (C=O) groups excluding carboxylic acids is 1. The van der Waals surface area contributed by atoms with Crippen molar-refractivity contribution in [2.24, 2.45) is 12.8 Å². The maximum atomic E-state index is 11.3. The van der Waals surface area contributed by atoms with E-state index in [0.29, 0.717) is 6.01 Å². The molecule has 0 unspecified atom stereocenters. The molecule has 0 saturated carbocycles. The van der Waals surface area contributed by atoms with E-state index in [-0.39, 0.29) is 11.8 Å². The molecule has 4 rings (SSSR count). The molecule has 1 aliphatic heterocycles. The number of piperidine rings is 1. The monoisotopic (exact) mass is 379 g/mol. The quantitative estimate of drug-likeness (QED) is 0.713. The topological polar surface area (TPSA) is 112 Å². The molecule has 1 aliphatic rings. The van der Waals surface area contributed by atoms with E-state index in [1.807, 2.05) is 19.3 Å². The van der Waals surface area contributed by atoms with Gasteiger partial charge in [0.1, 0.15) is 11.8 Å². The molecular weight excluding hydrogens is 358 g/mol. The van der Waals surface area contributed by atoms with Crippen molar-refractivity contribution in [3.05, 3.63) is 48.8 Å². The van der Waals surface area contributed by atoms with Crippen LogP contribution in [-0.4, -0.2) is 49.8 Å². The molecule has 0 aromatic carbocycles. The molecule has 3 aromatic rings. The zero-order valence-electron chi connectivity index (χ0n) is 15.5. The minimum atomic E-state index is -0.521. The summed E-state index contributed by atoms with van der Waals surface area (Å²) in [5, 5.41) is 4.15. The Morgan fingerprint density at radius 2 is 1.89 bits per heavy atom. The molecule has 144 valence electrons. The van der Waals surface area contributed by atoms with Crippen molar-refractivity contribution in [2.45, 2.75) is 18.9 Å². The van der Waals surface area contributed by atoms with Gasteiger partial charge in [0.25, 0.3) is 5.91 Å². The first kappa shape index (κ1) is 17.9. The second kappa shape index (κ2) is 7.63. The van der Waals surface area contributed by atoms with Gasteiger partial charge in [0.2, 0.25) is 0 Å². The summed E-state index contributed by atoms with van der Waals surface area (Å²) < 4.78 is 7.68. The van der Waals surface area contributed by atoms with Crippen molar-refractivity contribution in [3.63, 3.8) is 0 Å². The van der Waals surface area contributed by atoms with E-state index in [4.69, 9.17) is 10.5 Å². The molecule has 2 N–H and O–H groups in total. The Morgan fingerprint density at radius 1 is 1.14 bits per heavy atom. The molecule has 9 heteroatoms. The first-order chi connectivity index (χ1) is 13.6. The van der Waals surface area contributed by atoms with Gasteiger partial charge in [-0.2, -0.15) is 5.10 Å². The van der Waals surface area contributed by atoms with Crippen molar-refractivity contribution in [1.82, 2.24) is 24.7 Å². The summed E-state index contributed by atoms with van der Waals surface area (Å²) in [6, 6.07) is 3.99. The third-order valence-corrected chi connectivity index (χ3v) is 4.74. The van der Waals surface area contributed by atoms with Gasteiger partial charge < -0.3 is 15.4 Å². The van der Waals surface area contributed by atoms with Gasteiger partial charge in [0.05, 0.1) is 6.20 Å². The molecule has 1 fully saturated rings. The lowest BCUT2D eigenvalue weighted by atomic mass is 10.1. The molecule has 9 nitrogen and oxygen atoms in total. The highest BCUT2D eigenvalue weighted by Crippen LogP contribution is 2.23. The van der Waals surface area contributed by atoms with Crippen LogP contribution in [0, 0.1) is 0 Å². The number of ether oxygens (including phenoxy) is 1. The lowest BCUT2D eigenvalue weighted by molar-refractivity contribution is 0.0995. The van der Waals surface area contributed by atoms with Gasteiger partial charge in [-0.1, -0.05) is 0 Å². The van der Waals surface area contributed by atoms with Crippen molar-refractivity contribution in [1.29, 1.82) is 0 Å². The number of carbonyl (C=O) groups is 1. The molecule has 0 bridgehead atoms. The van der Waals surface area contributed by atoms with E-state index >= 15 is 0 Å². The van der Waals surface area contributed by atoms with E-state index < -0.39 is 5.91 Å².